The van der Waals surface area contributed by atoms with Crippen molar-refractivity contribution in [2.45, 2.75) is 44.2 Å². The minimum absolute atomic E-state index is 0.0933. The summed E-state index contributed by atoms with van der Waals surface area (Å²) in [6.07, 6.45) is 6.75. The van der Waals surface area contributed by atoms with Crippen molar-refractivity contribution >= 4 is 29.1 Å². The molecular weight excluding hydrogens is 387 g/mol. The number of hydrogen-bond donors (Lipinski definition) is 1. The number of hydrogen-bond acceptors (Lipinski definition) is 3. The molecule has 2 aromatic rings. The summed E-state index contributed by atoms with van der Waals surface area (Å²) in [6.45, 7) is 0.890. The second-order valence-corrected chi connectivity index (χ2v) is 8.26. The topological polar surface area (TPSA) is 62.5 Å². The molecule has 2 heterocycles. The Labute approximate surface area is 167 Å². The van der Waals surface area contributed by atoms with Crippen molar-refractivity contribution in [3.63, 3.8) is 0 Å². The molecule has 2 aliphatic rings. The zero-order valence-electron chi connectivity index (χ0n) is 14.8. The molecule has 1 aliphatic heterocycles. The van der Waals surface area contributed by atoms with Crippen LogP contribution in [0.1, 0.15) is 48.2 Å². The summed E-state index contributed by atoms with van der Waals surface area (Å²) >= 11 is 12.1. The molecule has 5 nitrogen and oxygen atoms in total. The molecule has 4 rings (SSSR count). The van der Waals surface area contributed by atoms with E-state index >= 15 is 0 Å². The first-order valence-corrected chi connectivity index (χ1v) is 9.85. The summed E-state index contributed by atoms with van der Waals surface area (Å²) in [6, 6.07) is 6.63. The van der Waals surface area contributed by atoms with Gasteiger partial charge in [-0.2, -0.15) is 0 Å². The van der Waals surface area contributed by atoms with Gasteiger partial charge in [-0.05, 0) is 30.5 Å². The van der Waals surface area contributed by atoms with Gasteiger partial charge < -0.3 is 14.6 Å². The zero-order valence-corrected chi connectivity index (χ0v) is 16.3. The van der Waals surface area contributed by atoms with Gasteiger partial charge in [0.05, 0.1) is 15.6 Å². The monoisotopic (exact) mass is 406 g/mol. The number of carbonyl (C=O) groups excluding carboxylic acids is 1. The molecular formula is C20H20Cl2N2O3. The number of amides is 1. The molecule has 1 aromatic carbocycles. The summed E-state index contributed by atoms with van der Waals surface area (Å²) in [7, 11) is 0. The molecule has 0 saturated heterocycles. The van der Waals surface area contributed by atoms with E-state index in [-0.39, 0.29) is 17.1 Å². The van der Waals surface area contributed by atoms with E-state index < -0.39 is 11.2 Å². The van der Waals surface area contributed by atoms with Crippen LogP contribution < -0.4 is 5.43 Å². The maximum atomic E-state index is 13.1. The van der Waals surface area contributed by atoms with Crippen LogP contribution in [0.25, 0.3) is 0 Å². The first kappa shape index (κ1) is 18.4. The summed E-state index contributed by atoms with van der Waals surface area (Å²) in [4.78, 5) is 26.8. The van der Waals surface area contributed by atoms with Gasteiger partial charge in [0.15, 0.2) is 11.4 Å². The fourth-order valence-electron chi connectivity index (χ4n) is 4.37. The molecule has 1 amide bonds. The summed E-state index contributed by atoms with van der Waals surface area (Å²) in [5.41, 5.74) is 0.130. The summed E-state index contributed by atoms with van der Waals surface area (Å²) in [5.74, 6) is -0.807. The molecule has 1 fully saturated rings. The van der Waals surface area contributed by atoms with Crippen LogP contribution in [0.15, 0.2) is 35.3 Å². The number of carbonyl (C=O) groups is 1. The van der Waals surface area contributed by atoms with Crippen molar-refractivity contribution in [1.82, 2.24) is 9.47 Å². The average Bonchev–Trinajstić information content (AvgIpc) is 2.65. The Balaban J connectivity index is 1.78. The quantitative estimate of drug-likeness (QED) is 0.813. The van der Waals surface area contributed by atoms with Gasteiger partial charge in [0.25, 0.3) is 5.91 Å². The number of rotatable bonds is 2. The minimum Gasteiger partial charge on any atom is -0.503 e. The highest BCUT2D eigenvalue weighted by molar-refractivity contribution is 6.42. The van der Waals surface area contributed by atoms with Crippen LogP contribution in [0.3, 0.4) is 0 Å². The number of benzene rings is 1. The lowest BCUT2D eigenvalue weighted by atomic mass is 9.79. The Morgan fingerprint density at radius 1 is 1.04 bits per heavy atom. The standard InChI is InChI=1S/C20H20Cl2N2O3/c21-14-5-4-13(10-15(14)22)11-23-12-20(7-2-1-3-8-20)24-9-6-16(25)18(26)17(24)19(23)27/h4-6,9-10,26H,1-3,7-8,11-12H2. The number of fused-ring (bicyclic) bond motifs is 2. The Morgan fingerprint density at radius 3 is 2.48 bits per heavy atom. The third-order valence-corrected chi connectivity index (χ3v) is 6.44. The molecule has 1 aliphatic carbocycles. The van der Waals surface area contributed by atoms with E-state index in [9.17, 15) is 14.7 Å². The molecule has 0 bridgehead atoms. The maximum Gasteiger partial charge on any atom is 0.274 e. The van der Waals surface area contributed by atoms with Gasteiger partial charge in [-0.3, -0.25) is 9.59 Å². The van der Waals surface area contributed by atoms with E-state index in [0.29, 0.717) is 23.1 Å². The molecule has 0 unspecified atom stereocenters. The Morgan fingerprint density at radius 2 is 1.78 bits per heavy atom. The van der Waals surface area contributed by atoms with E-state index in [1.807, 2.05) is 10.6 Å². The van der Waals surface area contributed by atoms with Crippen LogP contribution in [0.4, 0.5) is 0 Å². The average molecular weight is 407 g/mol. The van der Waals surface area contributed by atoms with E-state index in [1.54, 1.807) is 23.2 Å². The van der Waals surface area contributed by atoms with Crippen molar-refractivity contribution in [2.75, 3.05) is 6.54 Å². The number of pyridine rings is 1. The van der Waals surface area contributed by atoms with Crippen molar-refractivity contribution < 1.29 is 9.90 Å². The van der Waals surface area contributed by atoms with E-state index in [1.165, 1.54) is 6.07 Å². The number of aromatic nitrogens is 1. The van der Waals surface area contributed by atoms with E-state index in [0.717, 1.165) is 37.7 Å². The van der Waals surface area contributed by atoms with Gasteiger partial charge >= 0.3 is 0 Å². The first-order valence-electron chi connectivity index (χ1n) is 9.10. The number of nitrogens with zero attached hydrogens (tertiary/aromatic N) is 2. The molecule has 1 N–H and O–H groups in total. The largest absolute Gasteiger partial charge is 0.503 e. The molecule has 1 spiro atoms. The SMILES string of the molecule is O=C1c2c(O)c(=O)ccn2C2(CCCCC2)CN1Cc1ccc(Cl)c(Cl)c1. The maximum absolute atomic E-state index is 13.1. The molecule has 0 atom stereocenters. The van der Waals surface area contributed by atoms with Gasteiger partial charge in [0, 0.05) is 25.4 Å². The van der Waals surface area contributed by atoms with Gasteiger partial charge in [-0.15, -0.1) is 0 Å². The molecule has 27 heavy (non-hydrogen) atoms. The smallest absolute Gasteiger partial charge is 0.274 e. The second kappa shape index (κ2) is 6.88. The highest BCUT2D eigenvalue weighted by atomic mass is 35.5. The van der Waals surface area contributed by atoms with Crippen LogP contribution in [0.5, 0.6) is 5.75 Å². The Hall–Kier alpha value is -1.98. The minimum atomic E-state index is -0.531. The predicted molar refractivity (Wildman–Crippen MR) is 105 cm³/mol. The van der Waals surface area contributed by atoms with Crippen LogP contribution in [0, 0.1) is 0 Å². The Kier molecular flexibility index (Phi) is 4.68. The van der Waals surface area contributed by atoms with E-state index in [4.69, 9.17) is 23.2 Å². The molecule has 7 heteroatoms. The van der Waals surface area contributed by atoms with Crippen molar-refractivity contribution in [2.24, 2.45) is 0 Å². The van der Waals surface area contributed by atoms with Gasteiger partial charge in [0.2, 0.25) is 5.43 Å². The molecule has 1 aromatic heterocycles. The lowest BCUT2D eigenvalue weighted by Gasteiger charge is -2.47. The third kappa shape index (κ3) is 3.13. The van der Waals surface area contributed by atoms with Crippen LogP contribution in [-0.4, -0.2) is 27.0 Å². The van der Waals surface area contributed by atoms with Crippen LogP contribution in [0.2, 0.25) is 10.0 Å². The second-order valence-electron chi connectivity index (χ2n) is 7.44. The summed E-state index contributed by atoms with van der Waals surface area (Å²) in [5, 5.41) is 11.3. The molecule has 0 radical (unpaired) electrons. The predicted octanol–water partition coefficient (Wildman–Crippen LogP) is 4.18. The third-order valence-electron chi connectivity index (χ3n) is 5.70. The van der Waals surface area contributed by atoms with Gasteiger partial charge in [0.1, 0.15) is 0 Å². The van der Waals surface area contributed by atoms with Crippen molar-refractivity contribution in [3.8, 4) is 5.75 Å². The van der Waals surface area contributed by atoms with Crippen molar-refractivity contribution in [1.29, 1.82) is 0 Å². The van der Waals surface area contributed by atoms with Crippen LogP contribution >= 0.6 is 23.2 Å². The lowest BCUT2D eigenvalue weighted by molar-refractivity contribution is 0.0425. The zero-order chi connectivity index (χ0) is 19.2. The lowest BCUT2D eigenvalue weighted by Crippen LogP contribution is -2.54. The van der Waals surface area contributed by atoms with Crippen molar-refractivity contribution in [3.05, 3.63) is 62.0 Å². The van der Waals surface area contributed by atoms with E-state index in [2.05, 4.69) is 0 Å². The fourth-order valence-corrected chi connectivity index (χ4v) is 4.69. The van der Waals surface area contributed by atoms with Gasteiger partial charge in [-0.1, -0.05) is 48.5 Å². The molecule has 1 saturated carbocycles. The fraction of sp³-hybridized carbons (Fsp3) is 0.400. The number of aromatic hydroxyl groups is 1. The number of halogens is 2. The summed E-state index contributed by atoms with van der Waals surface area (Å²) < 4.78 is 1.84. The highest BCUT2D eigenvalue weighted by Crippen LogP contribution is 2.41. The van der Waals surface area contributed by atoms with Crippen LogP contribution in [-0.2, 0) is 12.1 Å². The van der Waals surface area contributed by atoms with Gasteiger partial charge in [-0.25, -0.2) is 0 Å². The normalized spacial score (nSPS) is 18.6. The highest BCUT2D eigenvalue weighted by Gasteiger charge is 2.44. The first-order chi connectivity index (χ1) is 12.9. The Bertz CT molecular complexity index is 964. The molecule has 142 valence electrons.